The number of hydrogen-bond donors (Lipinski definition) is 2. The normalized spacial score (nSPS) is 22.5. The SMILES string of the molecule is COc1cc2nc(N3CCCC3)nc(NC3CCC(CN)CC3)c2cc1OC. The first kappa shape index (κ1) is 19.1. The minimum absolute atomic E-state index is 0.417. The number of ether oxygens (including phenoxy) is 2. The smallest absolute Gasteiger partial charge is 0.227 e. The van der Waals surface area contributed by atoms with Crippen LogP contribution in [0.15, 0.2) is 12.1 Å². The topological polar surface area (TPSA) is 85.5 Å². The molecule has 1 aromatic carbocycles. The van der Waals surface area contributed by atoms with Gasteiger partial charge in [-0.25, -0.2) is 4.98 Å². The highest BCUT2D eigenvalue weighted by atomic mass is 16.5. The van der Waals surface area contributed by atoms with Crippen LogP contribution in [-0.4, -0.2) is 49.9 Å². The second-order valence-corrected chi connectivity index (χ2v) is 7.89. The molecule has 0 unspecified atom stereocenters. The van der Waals surface area contributed by atoms with Gasteiger partial charge in [0.15, 0.2) is 11.5 Å². The zero-order valence-electron chi connectivity index (χ0n) is 16.9. The molecule has 2 aliphatic rings. The fraction of sp³-hybridized carbons (Fsp3) is 0.619. The summed E-state index contributed by atoms with van der Waals surface area (Å²) in [5, 5.41) is 4.68. The molecule has 0 atom stereocenters. The fourth-order valence-electron chi connectivity index (χ4n) is 4.35. The van der Waals surface area contributed by atoms with E-state index < -0.39 is 0 Å². The summed E-state index contributed by atoms with van der Waals surface area (Å²) < 4.78 is 11.0. The van der Waals surface area contributed by atoms with Gasteiger partial charge in [-0.2, -0.15) is 4.98 Å². The molecule has 152 valence electrons. The van der Waals surface area contributed by atoms with E-state index in [-0.39, 0.29) is 0 Å². The maximum absolute atomic E-state index is 5.85. The Morgan fingerprint density at radius 2 is 1.71 bits per heavy atom. The first-order valence-corrected chi connectivity index (χ1v) is 10.4. The van der Waals surface area contributed by atoms with E-state index >= 15 is 0 Å². The van der Waals surface area contributed by atoms with Crippen LogP contribution in [0.25, 0.3) is 10.9 Å². The third-order valence-electron chi connectivity index (χ3n) is 6.10. The summed E-state index contributed by atoms with van der Waals surface area (Å²) in [6.45, 7) is 2.82. The van der Waals surface area contributed by atoms with E-state index in [9.17, 15) is 0 Å². The van der Waals surface area contributed by atoms with E-state index in [0.717, 1.165) is 55.1 Å². The molecule has 1 aliphatic heterocycles. The predicted octanol–water partition coefficient (Wildman–Crippen LogP) is 3.18. The van der Waals surface area contributed by atoms with Gasteiger partial charge in [-0.15, -0.1) is 0 Å². The van der Waals surface area contributed by atoms with Gasteiger partial charge in [0.05, 0.1) is 19.7 Å². The average Bonchev–Trinajstić information content (AvgIpc) is 3.28. The number of nitrogens with one attached hydrogen (secondary N) is 1. The Labute approximate surface area is 166 Å². The molecule has 2 heterocycles. The quantitative estimate of drug-likeness (QED) is 0.790. The van der Waals surface area contributed by atoms with Gasteiger partial charge in [-0.1, -0.05) is 0 Å². The Bertz CT molecular complexity index is 814. The van der Waals surface area contributed by atoms with Crippen molar-refractivity contribution in [3.05, 3.63) is 12.1 Å². The van der Waals surface area contributed by atoms with Crippen LogP contribution in [0.4, 0.5) is 11.8 Å². The van der Waals surface area contributed by atoms with Gasteiger partial charge in [-0.05, 0) is 57.1 Å². The lowest BCUT2D eigenvalue weighted by Crippen LogP contribution is -2.30. The lowest BCUT2D eigenvalue weighted by atomic mass is 9.86. The van der Waals surface area contributed by atoms with Crippen molar-refractivity contribution in [3.63, 3.8) is 0 Å². The molecule has 0 spiro atoms. The van der Waals surface area contributed by atoms with Gasteiger partial charge >= 0.3 is 0 Å². The van der Waals surface area contributed by atoms with E-state index in [1.54, 1.807) is 14.2 Å². The lowest BCUT2D eigenvalue weighted by molar-refractivity contribution is 0.344. The highest BCUT2D eigenvalue weighted by Gasteiger charge is 2.23. The van der Waals surface area contributed by atoms with Gasteiger partial charge in [-0.3, -0.25) is 0 Å². The molecule has 1 aromatic heterocycles. The Kier molecular flexibility index (Phi) is 5.71. The number of rotatable bonds is 6. The maximum atomic E-state index is 5.85. The average molecular weight is 386 g/mol. The van der Waals surface area contributed by atoms with Crippen molar-refractivity contribution in [3.8, 4) is 11.5 Å². The molecule has 1 aliphatic carbocycles. The summed E-state index contributed by atoms with van der Waals surface area (Å²) in [6, 6.07) is 4.35. The second-order valence-electron chi connectivity index (χ2n) is 7.89. The van der Waals surface area contributed by atoms with Crippen LogP contribution < -0.4 is 25.4 Å². The first-order valence-electron chi connectivity index (χ1n) is 10.4. The molecule has 1 saturated carbocycles. The lowest BCUT2D eigenvalue weighted by Gasteiger charge is -2.29. The minimum atomic E-state index is 0.417. The number of aromatic nitrogens is 2. The van der Waals surface area contributed by atoms with Gasteiger partial charge in [0, 0.05) is 30.6 Å². The molecule has 0 amide bonds. The van der Waals surface area contributed by atoms with Crippen molar-refractivity contribution in [2.45, 2.75) is 44.6 Å². The Balaban J connectivity index is 1.71. The summed E-state index contributed by atoms with van der Waals surface area (Å²) in [5.41, 5.74) is 6.73. The van der Waals surface area contributed by atoms with Crippen molar-refractivity contribution >= 4 is 22.7 Å². The van der Waals surface area contributed by atoms with E-state index in [1.165, 1.54) is 25.7 Å². The molecule has 1 saturated heterocycles. The van der Waals surface area contributed by atoms with Crippen LogP contribution in [0.1, 0.15) is 38.5 Å². The summed E-state index contributed by atoms with van der Waals surface area (Å²) in [7, 11) is 3.31. The molecule has 2 aromatic rings. The molecular formula is C21H31N5O2. The zero-order valence-corrected chi connectivity index (χ0v) is 16.9. The van der Waals surface area contributed by atoms with Crippen LogP contribution in [0.2, 0.25) is 0 Å². The molecule has 0 bridgehead atoms. The van der Waals surface area contributed by atoms with Gasteiger partial charge < -0.3 is 25.4 Å². The number of benzene rings is 1. The molecular weight excluding hydrogens is 354 g/mol. The van der Waals surface area contributed by atoms with Crippen LogP contribution in [-0.2, 0) is 0 Å². The van der Waals surface area contributed by atoms with Crippen LogP contribution in [0.3, 0.4) is 0 Å². The van der Waals surface area contributed by atoms with Gasteiger partial charge in [0.25, 0.3) is 0 Å². The number of anilines is 2. The van der Waals surface area contributed by atoms with Crippen molar-refractivity contribution in [2.24, 2.45) is 11.7 Å². The Morgan fingerprint density at radius 3 is 2.36 bits per heavy atom. The van der Waals surface area contributed by atoms with Crippen molar-refractivity contribution < 1.29 is 9.47 Å². The zero-order chi connectivity index (χ0) is 19.5. The Morgan fingerprint density at radius 1 is 1.04 bits per heavy atom. The monoisotopic (exact) mass is 385 g/mol. The number of methoxy groups -OCH3 is 2. The van der Waals surface area contributed by atoms with Crippen LogP contribution in [0.5, 0.6) is 11.5 Å². The van der Waals surface area contributed by atoms with Crippen molar-refractivity contribution in [1.82, 2.24) is 9.97 Å². The standard InChI is InChI=1S/C21H31N5O2/c1-27-18-11-16-17(12-19(18)28-2)24-21(26-9-3-4-10-26)25-20(16)23-15-7-5-14(13-22)6-8-15/h11-12,14-15H,3-10,13,22H2,1-2H3,(H,23,24,25). The first-order chi connectivity index (χ1) is 13.7. The third-order valence-corrected chi connectivity index (χ3v) is 6.10. The van der Waals surface area contributed by atoms with Crippen molar-refractivity contribution in [2.75, 3.05) is 44.1 Å². The number of nitrogens with zero attached hydrogens (tertiary/aromatic N) is 3. The molecule has 7 nitrogen and oxygen atoms in total. The molecule has 0 radical (unpaired) electrons. The molecule has 3 N–H and O–H groups in total. The molecule has 2 fully saturated rings. The van der Waals surface area contributed by atoms with Gasteiger partial charge in [0.2, 0.25) is 5.95 Å². The maximum Gasteiger partial charge on any atom is 0.227 e. The highest BCUT2D eigenvalue weighted by molar-refractivity contribution is 5.93. The van der Waals surface area contributed by atoms with Crippen LogP contribution >= 0.6 is 0 Å². The van der Waals surface area contributed by atoms with E-state index in [2.05, 4.69) is 10.2 Å². The van der Waals surface area contributed by atoms with E-state index in [4.69, 9.17) is 25.2 Å². The summed E-state index contributed by atoms with van der Waals surface area (Å²) in [6.07, 6.45) is 6.98. The highest BCUT2D eigenvalue weighted by Crippen LogP contribution is 2.36. The third kappa shape index (κ3) is 3.81. The van der Waals surface area contributed by atoms with Gasteiger partial charge in [0.1, 0.15) is 5.82 Å². The second kappa shape index (κ2) is 8.39. The Hall–Kier alpha value is -2.28. The predicted molar refractivity (Wildman–Crippen MR) is 113 cm³/mol. The number of hydrogen-bond acceptors (Lipinski definition) is 7. The largest absolute Gasteiger partial charge is 0.493 e. The summed E-state index contributed by atoms with van der Waals surface area (Å²) in [4.78, 5) is 12.0. The molecule has 4 rings (SSSR count). The minimum Gasteiger partial charge on any atom is -0.493 e. The van der Waals surface area contributed by atoms with E-state index in [0.29, 0.717) is 23.5 Å². The molecule has 28 heavy (non-hydrogen) atoms. The summed E-state index contributed by atoms with van der Waals surface area (Å²) >= 11 is 0. The van der Waals surface area contributed by atoms with E-state index in [1.807, 2.05) is 12.1 Å². The fourth-order valence-corrected chi connectivity index (χ4v) is 4.35. The van der Waals surface area contributed by atoms with Crippen molar-refractivity contribution in [1.29, 1.82) is 0 Å². The van der Waals surface area contributed by atoms with Crippen LogP contribution in [0, 0.1) is 5.92 Å². The number of nitrogens with two attached hydrogens (primary N) is 1. The summed E-state index contributed by atoms with van der Waals surface area (Å²) in [5.74, 6) is 3.74. The number of fused-ring (bicyclic) bond motifs is 1. The molecule has 7 heteroatoms.